The van der Waals surface area contributed by atoms with Gasteiger partial charge >= 0.3 is 0 Å². The molecule has 32 heavy (non-hydrogen) atoms. The van der Waals surface area contributed by atoms with Crippen LogP contribution in [0.2, 0.25) is 0 Å². The molecule has 6 nitrogen and oxygen atoms in total. The SMILES string of the molecule is CCOc1ccc(N2C(=S)N[C@H](c3ccccn3)[C@H]2c2cccn2-c2cccnc2)cc1. The first-order chi connectivity index (χ1) is 15.8. The van der Waals surface area contributed by atoms with Gasteiger partial charge < -0.3 is 19.5 Å². The van der Waals surface area contributed by atoms with E-state index in [0.717, 1.165) is 28.5 Å². The minimum Gasteiger partial charge on any atom is -0.494 e. The zero-order chi connectivity index (χ0) is 21.9. The average molecular weight is 442 g/mol. The first-order valence-electron chi connectivity index (χ1n) is 10.6. The quantitative estimate of drug-likeness (QED) is 0.432. The van der Waals surface area contributed by atoms with Crippen molar-refractivity contribution in [1.82, 2.24) is 19.9 Å². The van der Waals surface area contributed by atoms with Crippen molar-refractivity contribution < 1.29 is 4.74 Å². The third-order valence-electron chi connectivity index (χ3n) is 5.53. The smallest absolute Gasteiger partial charge is 0.174 e. The average Bonchev–Trinajstić information content (AvgIpc) is 3.45. The van der Waals surface area contributed by atoms with Crippen LogP contribution in [-0.4, -0.2) is 26.3 Å². The third-order valence-corrected chi connectivity index (χ3v) is 5.85. The van der Waals surface area contributed by atoms with E-state index in [1.807, 2.05) is 73.9 Å². The predicted molar refractivity (Wildman–Crippen MR) is 129 cm³/mol. The van der Waals surface area contributed by atoms with Crippen molar-refractivity contribution in [2.24, 2.45) is 0 Å². The van der Waals surface area contributed by atoms with Crippen LogP contribution in [0.25, 0.3) is 5.69 Å². The number of benzene rings is 1. The van der Waals surface area contributed by atoms with Gasteiger partial charge in [-0.2, -0.15) is 0 Å². The number of anilines is 1. The Bertz CT molecular complexity index is 1190. The van der Waals surface area contributed by atoms with Crippen molar-refractivity contribution in [1.29, 1.82) is 0 Å². The van der Waals surface area contributed by atoms with E-state index in [1.165, 1.54) is 0 Å². The van der Waals surface area contributed by atoms with Gasteiger partial charge in [-0.05, 0) is 79.8 Å². The van der Waals surface area contributed by atoms with Gasteiger partial charge in [0.2, 0.25) is 0 Å². The Morgan fingerprint density at radius 2 is 1.84 bits per heavy atom. The van der Waals surface area contributed by atoms with Gasteiger partial charge in [0.25, 0.3) is 0 Å². The van der Waals surface area contributed by atoms with Crippen LogP contribution in [-0.2, 0) is 0 Å². The largest absolute Gasteiger partial charge is 0.494 e. The molecule has 1 aliphatic heterocycles. The van der Waals surface area contributed by atoms with Gasteiger partial charge in [0.15, 0.2) is 5.11 Å². The summed E-state index contributed by atoms with van der Waals surface area (Å²) in [5.74, 6) is 0.839. The summed E-state index contributed by atoms with van der Waals surface area (Å²) in [6.07, 6.45) is 7.51. The maximum atomic E-state index is 5.83. The summed E-state index contributed by atoms with van der Waals surface area (Å²) in [6, 6.07) is 22.0. The van der Waals surface area contributed by atoms with Crippen molar-refractivity contribution in [3.05, 3.63) is 103 Å². The van der Waals surface area contributed by atoms with Gasteiger partial charge in [-0.25, -0.2) is 0 Å². The van der Waals surface area contributed by atoms with Gasteiger partial charge in [-0.3, -0.25) is 9.97 Å². The molecular formula is C25H23N5OS. The summed E-state index contributed by atoms with van der Waals surface area (Å²) in [6.45, 7) is 2.61. The minimum atomic E-state index is -0.111. The Hall–Kier alpha value is -3.71. The summed E-state index contributed by atoms with van der Waals surface area (Å²) in [4.78, 5) is 11.1. The molecule has 0 bridgehead atoms. The van der Waals surface area contributed by atoms with E-state index >= 15 is 0 Å². The van der Waals surface area contributed by atoms with E-state index in [1.54, 1.807) is 6.20 Å². The maximum absolute atomic E-state index is 5.83. The van der Waals surface area contributed by atoms with Gasteiger partial charge in [-0.1, -0.05) is 6.07 Å². The molecule has 160 valence electrons. The van der Waals surface area contributed by atoms with E-state index in [0.29, 0.717) is 11.7 Å². The number of hydrogen-bond donors (Lipinski definition) is 1. The second kappa shape index (κ2) is 8.80. The Kier molecular flexibility index (Phi) is 5.56. The molecule has 0 radical (unpaired) electrons. The third kappa shape index (κ3) is 3.71. The Morgan fingerprint density at radius 1 is 0.969 bits per heavy atom. The Balaban J connectivity index is 1.62. The lowest BCUT2D eigenvalue weighted by Crippen LogP contribution is -2.30. The standard InChI is InChI=1S/C25H23N5OS/c1-2-31-20-12-10-18(11-13-20)30-24(23(28-25(30)32)21-8-3-4-15-27-21)22-9-6-16-29(22)19-7-5-14-26-17-19/h3-17,23-24H,2H2,1H3,(H,28,32)/t23-,24-/m1/s1. The molecule has 1 saturated heterocycles. The van der Waals surface area contributed by atoms with Crippen molar-refractivity contribution in [2.75, 3.05) is 11.5 Å². The van der Waals surface area contributed by atoms with Gasteiger partial charge in [0.05, 0.1) is 30.2 Å². The fraction of sp³-hybridized carbons (Fsp3) is 0.160. The summed E-state index contributed by atoms with van der Waals surface area (Å²) in [5, 5.41) is 4.17. The number of pyridine rings is 2. The maximum Gasteiger partial charge on any atom is 0.174 e. The zero-order valence-electron chi connectivity index (χ0n) is 17.6. The van der Waals surface area contributed by atoms with Crippen LogP contribution in [0.15, 0.2) is 91.5 Å². The van der Waals surface area contributed by atoms with Crippen molar-refractivity contribution >= 4 is 23.0 Å². The molecule has 0 aliphatic carbocycles. The number of hydrogen-bond acceptors (Lipinski definition) is 4. The van der Waals surface area contributed by atoms with E-state index < -0.39 is 0 Å². The highest BCUT2D eigenvalue weighted by atomic mass is 32.1. The normalized spacial score (nSPS) is 17.9. The first-order valence-corrected chi connectivity index (χ1v) is 11.0. The van der Waals surface area contributed by atoms with Crippen molar-refractivity contribution in [2.45, 2.75) is 19.0 Å². The highest BCUT2D eigenvalue weighted by Crippen LogP contribution is 2.42. The Labute approximate surface area is 192 Å². The van der Waals surface area contributed by atoms with E-state index in [2.05, 4.69) is 43.1 Å². The summed E-state index contributed by atoms with van der Waals surface area (Å²) in [5.41, 5.74) is 4.02. The molecule has 3 aromatic heterocycles. The molecule has 5 rings (SSSR count). The Morgan fingerprint density at radius 3 is 2.56 bits per heavy atom. The van der Waals surface area contributed by atoms with Crippen LogP contribution in [0.5, 0.6) is 5.75 Å². The minimum absolute atomic E-state index is 0.106. The molecular weight excluding hydrogens is 418 g/mol. The molecule has 0 spiro atoms. The molecule has 1 fully saturated rings. The lowest BCUT2D eigenvalue weighted by atomic mass is 10.0. The van der Waals surface area contributed by atoms with Crippen LogP contribution in [0.1, 0.15) is 30.4 Å². The molecule has 0 saturated carbocycles. The topological polar surface area (TPSA) is 55.2 Å². The molecule has 7 heteroatoms. The zero-order valence-corrected chi connectivity index (χ0v) is 18.4. The molecule has 4 heterocycles. The molecule has 0 amide bonds. The lowest BCUT2D eigenvalue weighted by molar-refractivity contribution is 0.340. The van der Waals surface area contributed by atoms with E-state index in [4.69, 9.17) is 17.0 Å². The van der Waals surface area contributed by atoms with Crippen LogP contribution in [0, 0.1) is 0 Å². The lowest BCUT2D eigenvalue weighted by Gasteiger charge is -2.29. The highest BCUT2D eigenvalue weighted by molar-refractivity contribution is 7.80. The molecule has 4 aromatic rings. The molecule has 0 unspecified atom stereocenters. The molecule has 1 N–H and O–H groups in total. The highest BCUT2D eigenvalue weighted by Gasteiger charge is 2.42. The van der Waals surface area contributed by atoms with Gasteiger partial charge in [-0.15, -0.1) is 0 Å². The van der Waals surface area contributed by atoms with Crippen molar-refractivity contribution in [3.63, 3.8) is 0 Å². The second-order valence-corrected chi connectivity index (χ2v) is 7.82. The second-order valence-electron chi connectivity index (χ2n) is 7.44. The fourth-order valence-corrected chi connectivity index (χ4v) is 4.52. The molecule has 2 atom stereocenters. The number of nitrogens with one attached hydrogen (secondary N) is 1. The predicted octanol–water partition coefficient (Wildman–Crippen LogP) is 4.84. The number of aromatic nitrogens is 3. The number of thiocarbonyl (C=S) groups is 1. The summed E-state index contributed by atoms with van der Waals surface area (Å²) in [7, 11) is 0. The van der Waals surface area contributed by atoms with E-state index in [9.17, 15) is 0 Å². The van der Waals surface area contributed by atoms with Crippen LogP contribution < -0.4 is 15.0 Å². The van der Waals surface area contributed by atoms with Gasteiger partial charge in [0, 0.05) is 30.0 Å². The number of rotatable bonds is 6. The van der Waals surface area contributed by atoms with Crippen molar-refractivity contribution in [3.8, 4) is 11.4 Å². The van der Waals surface area contributed by atoms with Gasteiger partial charge in [0.1, 0.15) is 11.8 Å². The first kappa shape index (κ1) is 20.2. The number of nitrogens with zero attached hydrogens (tertiary/aromatic N) is 4. The van der Waals surface area contributed by atoms with E-state index in [-0.39, 0.29) is 12.1 Å². The molecule has 1 aliphatic rings. The summed E-state index contributed by atoms with van der Waals surface area (Å²) >= 11 is 5.83. The fourth-order valence-electron chi connectivity index (χ4n) is 4.17. The molecule has 1 aromatic carbocycles. The van der Waals surface area contributed by atoms with Crippen LogP contribution in [0.4, 0.5) is 5.69 Å². The number of ether oxygens (including phenoxy) is 1. The van der Waals surface area contributed by atoms with Crippen LogP contribution in [0.3, 0.4) is 0 Å². The summed E-state index contributed by atoms with van der Waals surface area (Å²) < 4.78 is 7.79. The van der Waals surface area contributed by atoms with Crippen LogP contribution >= 0.6 is 12.2 Å². The monoisotopic (exact) mass is 441 g/mol.